The molecule has 0 radical (unpaired) electrons. The molecule has 0 aliphatic heterocycles. The summed E-state index contributed by atoms with van der Waals surface area (Å²) in [5.41, 5.74) is 4.57. The van der Waals surface area contributed by atoms with Gasteiger partial charge in [-0.15, -0.1) is 0 Å². The second kappa shape index (κ2) is 4.87. The monoisotopic (exact) mass is 224 g/mol. The molecule has 1 aromatic carbocycles. The summed E-state index contributed by atoms with van der Waals surface area (Å²) >= 11 is 0. The van der Waals surface area contributed by atoms with Gasteiger partial charge in [-0.1, -0.05) is 0 Å². The van der Waals surface area contributed by atoms with Crippen LogP contribution in [0.3, 0.4) is 0 Å². The number of nitrogens with two attached hydrogens (primary N) is 1. The highest BCUT2D eigenvalue weighted by Crippen LogP contribution is 2.27. The maximum absolute atomic E-state index is 10.8. The number of carbonyl (C=O) groups is 2. The van der Waals surface area contributed by atoms with E-state index in [-0.39, 0.29) is 17.9 Å². The molecule has 0 aromatic heterocycles. The summed E-state index contributed by atoms with van der Waals surface area (Å²) in [7, 11) is 0. The molecule has 2 N–H and O–H groups in total. The molecular weight excluding hydrogens is 216 g/mol. The number of ether oxygens (including phenoxy) is 1. The van der Waals surface area contributed by atoms with Crippen molar-refractivity contribution in [2.75, 3.05) is 6.61 Å². The van der Waals surface area contributed by atoms with Gasteiger partial charge in [0.1, 0.15) is 6.61 Å². The second-order valence-corrected chi connectivity index (χ2v) is 2.78. The molecule has 0 saturated carbocycles. The zero-order valence-corrected chi connectivity index (χ0v) is 8.08. The molecule has 1 rings (SSSR count). The number of rotatable bonds is 5. The van der Waals surface area contributed by atoms with Gasteiger partial charge in [-0.2, -0.15) is 0 Å². The summed E-state index contributed by atoms with van der Waals surface area (Å²) in [6.45, 7) is -0.295. The van der Waals surface area contributed by atoms with E-state index in [1.807, 2.05) is 0 Å². The van der Waals surface area contributed by atoms with Crippen LogP contribution in [-0.2, 0) is 4.79 Å². The average Bonchev–Trinajstić information content (AvgIpc) is 2.25. The molecule has 84 valence electrons. The fourth-order valence-electron chi connectivity index (χ4n) is 1.06. The van der Waals surface area contributed by atoms with Crippen LogP contribution in [0, 0.1) is 10.1 Å². The average molecular weight is 224 g/mol. The van der Waals surface area contributed by atoms with Crippen LogP contribution in [0.1, 0.15) is 10.4 Å². The van der Waals surface area contributed by atoms with Crippen molar-refractivity contribution in [3.05, 3.63) is 33.9 Å². The van der Waals surface area contributed by atoms with Crippen LogP contribution in [0.2, 0.25) is 0 Å². The lowest BCUT2D eigenvalue weighted by atomic mass is 10.2. The van der Waals surface area contributed by atoms with Gasteiger partial charge in [0, 0.05) is 11.6 Å². The van der Waals surface area contributed by atoms with Crippen molar-refractivity contribution in [1.29, 1.82) is 0 Å². The minimum absolute atomic E-state index is 0.00477. The molecule has 7 nitrogen and oxygen atoms in total. The normalized spacial score (nSPS) is 9.50. The highest BCUT2D eigenvalue weighted by atomic mass is 16.6. The van der Waals surface area contributed by atoms with Crippen LogP contribution < -0.4 is 10.5 Å². The van der Waals surface area contributed by atoms with E-state index in [4.69, 9.17) is 10.5 Å². The molecule has 16 heavy (non-hydrogen) atoms. The van der Waals surface area contributed by atoms with Crippen molar-refractivity contribution in [2.45, 2.75) is 0 Å². The molecule has 0 aliphatic carbocycles. The number of nitrogens with zero attached hydrogens (tertiary/aromatic N) is 1. The van der Waals surface area contributed by atoms with Gasteiger partial charge in [0.25, 0.3) is 0 Å². The quantitative estimate of drug-likeness (QED) is 0.438. The predicted octanol–water partition coefficient (Wildman–Crippen LogP) is 0.271. The molecule has 0 unspecified atom stereocenters. The van der Waals surface area contributed by atoms with Gasteiger partial charge < -0.3 is 10.5 Å². The third-order valence-corrected chi connectivity index (χ3v) is 1.75. The van der Waals surface area contributed by atoms with Crippen LogP contribution in [0.4, 0.5) is 5.69 Å². The largest absolute Gasteiger partial charge is 0.479 e. The van der Waals surface area contributed by atoms with Crippen molar-refractivity contribution < 1.29 is 19.2 Å². The molecule has 0 aliphatic rings. The maximum atomic E-state index is 10.8. The van der Waals surface area contributed by atoms with Gasteiger partial charge in [-0.25, -0.2) is 0 Å². The first-order valence-corrected chi connectivity index (χ1v) is 4.21. The smallest absolute Gasteiger partial charge is 0.311 e. The van der Waals surface area contributed by atoms with Crippen LogP contribution >= 0.6 is 0 Å². The molecule has 7 heteroatoms. The van der Waals surface area contributed by atoms with E-state index in [0.29, 0.717) is 6.29 Å². The Morgan fingerprint density at radius 3 is 2.75 bits per heavy atom. The van der Waals surface area contributed by atoms with E-state index >= 15 is 0 Å². The van der Waals surface area contributed by atoms with Crippen molar-refractivity contribution >= 4 is 17.9 Å². The number of amides is 1. The van der Waals surface area contributed by atoms with Gasteiger partial charge in [0.15, 0.2) is 12.0 Å². The lowest BCUT2D eigenvalue weighted by Crippen LogP contribution is -2.11. The Kier molecular flexibility index (Phi) is 3.54. The SMILES string of the molecule is NC(=O)c1ccc(OCC=O)c([N+](=O)[O-])c1. The van der Waals surface area contributed by atoms with E-state index in [9.17, 15) is 19.7 Å². The fraction of sp³-hybridized carbons (Fsp3) is 0.111. The molecule has 0 fully saturated rings. The van der Waals surface area contributed by atoms with E-state index in [1.54, 1.807) is 0 Å². The Hall–Kier alpha value is -2.44. The Labute approximate surface area is 90.0 Å². The number of benzene rings is 1. The Balaban J connectivity index is 3.13. The zero-order valence-electron chi connectivity index (χ0n) is 8.08. The first kappa shape index (κ1) is 11.6. The summed E-state index contributed by atoms with van der Waals surface area (Å²) in [5.74, 6) is -0.855. The maximum Gasteiger partial charge on any atom is 0.311 e. The van der Waals surface area contributed by atoms with Crippen molar-refractivity contribution in [3.63, 3.8) is 0 Å². The van der Waals surface area contributed by atoms with Crippen LogP contribution in [0.5, 0.6) is 5.75 Å². The standard InChI is InChI=1S/C9H8N2O5/c10-9(13)6-1-2-8(16-4-3-12)7(5-6)11(14)15/h1-3,5H,4H2,(H2,10,13). The van der Waals surface area contributed by atoms with E-state index in [0.717, 1.165) is 6.07 Å². The van der Waals surface area contributed by atoms with Crippen LogP contribution in [0.15, 0.2) is 18.2 Å². The molecular formula is C9H8N2O5. The Bertz CT molecular complexity index is 444. The van der Waals surface area contributed by atoms with Gasteiger partial charge in [0.2, 0.25) is 5.91 Å². The van der Waals surface area contributed by atoms with Gasteiger partial charge in [-0.05, 0) is 12.1 Å². The van der Waals surface area contributed by atoms with Crippen molar-refractivity contribution in [2.24, 2.45) is 5.73 Å². The molecule has 0 bridgehead atoms. The molecule has 0 saturated heterocycles. The van der Waals surface area contributed by atoms with Crippen molar-refractivity contribution in [3.8, 4) is 5.75 Å². The number of nitro benzene ring substituents is 1. The van der Waals surface area contributed by atoms with Gasteiger partial charge in [0.05, 0.1) is 4.92 Å². The number of hydrogen-bond acceptors (Lipinski definition) is 5. The van der Waals surface area contributed by atoms with E-state index in [1.165, 1.54) is 12.1 Å². The van der Waals surface area contributed by atoms with Gasteiger partial charge >= 0.3 is 5.69 Å². The molecule has 1 aromatic rings. The number of nitro groups is 1. The molecule has 0 heterocycles. The van der Waals surface area contributed by atoms with Gasteiger partial charge in [-0.3, -0.25) is 19.7 Å². The number of aldehydes is 1. The molecule has 0 spiro atoms. The van der Waals surface area contributed by atoms with Crippen LogP contribution in [0.25, 0.3) is 0 Å². The third-order valence-electron chi connectivity index (χ3n) is 1.75. The van der Waals surface area contributed by atoms with E-state index < -0.39 is 16.5 Å². The molecule has 0 atom stereocenters. The minimum atomic E-state index is -0.773. The third kappa shape index (κ3) is 2.53. The predicted molar refractivity (Wildman–Crippen MR) is 53.2 cm³/mol. The summed E-state index contributed by atoms with van der Waals surface area (Å²) < 4.78 is 4.82. The molecule has 1 amide bonds. The lowest BCUT2D eigenvalue weighted by molar-refractivity contribution is -0.385. The highest BCUT2D eigenvalue weighted by molar-refractivity contribution is 5.93. The number of primary amides is 1. The Morgan fingerprint density at radius 2 is 2.25 bits per heavy atom. The lowest BCUT2D eigenvalue weighted by Gasteiger charge is -2.04. The summed E-state index contributed by atoms with van der Waals surface area (Å²) in [5, 5.41) is 10.6. The van der Waals surface area contributed by atoms with Crippen LogP contribution in [-0.4, -0.2) is 23.7 Å². The highest BCUT2D eigenvalue weighted by Gasteiger charge is 2.17. The summed E-state index contributed by atoms with van der Waals surface area (Å²) in [6.07, 6.45) is 0.464. The van der Waals surface area contributed by atoms with E-state index in [2.05, 4.69) is 0 Å². The fourth-order valence-corrected chi connectivity index (χ4v) is 1.06. The van der Waals surface area contributed by atoms with Crippen molar-refractivity contribution in [1.82, 2.24) is 0 Å². The topological polar surface area (TPSA) is 113 Å². The summed E-state index contributed by atoms with van der Waals surface area (Å²) in [4.78, 5) is 30.8. The summed E-state index contributed by atoms with van der Waals surface area (Å²) in [6, 6.07) is 3.51. The minimum Gasteiger partial charge on any atom is -0.479 e. The Morgan fingerprint density at radius 1 is 1.56 bits per heavy atom. The first-order chi connectivity index (χ1) is 7.56. The zero-order chi connectivity index (χ0) is 12.1. The second-order valence-electron chi connectivity index (χ2n) is 2.78. The first-order valence-electron chi connectivity index (χ1n) is 4.21. The number of hydrogen-bond donors (Lipinski definition) is 1. The number of carbonyl (C=O) groups excluding carboxylic acids is 2.